The van der Waals surface area contributed by atoms with Crippen LogP contribution in [0.25, 0.3) is 0 Å². The SMILES string of the molecule is CC(C)CC(=O)N1CCN(C[C@@H]2CCN(C)C2)c2ccccc21. The second-order valence-electron chi connectivity index (χ2n) is 7.50. The highest BCUT2D eigenvalue weighted by Crippen LogP contribution is 2.34. The van der Waals surface area contributed by atoms with Crippen molar-refractivity contribution in [3.05, 3.63) is 24.3 Å². The van der Waals surface area contributed by atoms with Crippen LogP contribution in [0.2, 0.25) is 0 Å². The molecular formula is C19H29N3O. The number of para-hydroxylation sites is 2. The van der Waals surface area contributed by atoms with Gasteiger partial charge in [0.1, 0.15) is 0 Å². The van der Waals surface area contributed by atoms with Gasteiger partial charge >= 0.3 is 0 Å². The molecule has 0 aromatic heterocycles. The monoisotopic (exact) mass is 315 g/mol. The van der Waals surface area contributed by atoms with Crippen LogP contribution in [-0.4, -0.2) is 50.6 Å². The number of amides is 1. The molecule has 0 saturated carbocycles. The van der Waals surface area contributed by atoms with Crippen molar-refractivity contribution in [2.24, 2.45) is 11.8 Å². The number of rotatable bonds is 4. The average molecular weight is 315 g/mol. The van der Waals surface area contributed by atoms with Crippen LogP contribution < -0.4 is 9.80 Å². The Kier molecular flexibility index (Phi) is 4.90. The van der Waals surface area contributed by atoms with E-state index in [0.29, 0.717) is 12.3 Å². The molecule has 23 heavy (non-hydrogen) atoms. The van der Waals surface area contributed by atoms with Gasteiger partial charge in [-0.05, 0) is 44.0 Å². The molecule has 4 heteroatoms. The van der Waals surface area contributed by atoms with E-state index in [9.17, 15) is 4.79 Å². The van der Waals surface area contributed by atoms with Gasteiger partial charge in [-0.15, -0.1) is 0 Å². The normalized spacial score (nSPS) is 21.8. The molecule has 0 aliphatic carbocycles. The topological polar surface area (TPSA) is 26.8 Å². The van der Waals surface area contributed by atoms with Crippen molar-refractivity contribution < 1.29 is 4.79 Å². The first-order valence-electron chi connectivity index (χ1n) is 8.87. The fraction of sp³-hybridized carbons (Fsp3) is 0.632. The van der Waals surface area contributed by atoms with Gasteiger partial charge in [-0.1, -0.05) is 26.0 Å². The minimum atomic E-state index is 0.257. The van der Waals surface area contributed by atoms with E-state index in [4.69, 9.17) is 0 Å². The number of likely N-dealkylation sites (tertiary alicyclic amines) is 1. The van der Waals surface area contributed by atoms with Crippen LogP contribution in [0.15, 0.2) is 24.3 Å². The van der Waals surface area contributed by atoms with E-state index in [2.05, 4.69) is 48.9 Å². The maximum atomic E-state index is 12.6. The summed E-state index contributed by atoms with van der Waals surface area (Å²) in [5, 5.41) is 0. The number of nitrogens with zero attached hydrogens (tertiary/aromatic N) is 3. The Balaban J connectivity index is 1.76. The molecule has 2 heterocycles. The van der Waals surface area contributed by atoms with Crippen LogP contribution in [0.5, 0.6) is 0 Å². The lowest BCUT2D eigenvalue weighted by Gasteiger charge is -2.39. The molecular weight excluding hydrogens is 286 g/mol. The van der Waals surface area contributed by atoms with Crippen LogP contribution in [-0.2, 0) is 4.79 Å². The summed E-state index contributed by atoms with van der Waals surface area (Å²) in [6.45, 7) is 9.47. The fourth-order valence-corrected chi connectivity index (χ4v) is 3.82. The largest absolute Gasteiger partial charge is 0.368 e. The van der Waals surface area contributed by atoms with Gasteiger partial charge in [-0.2, -0.15) is 0 Å². The van der Waals surface area contributed by atoms with E-state index < -0.39 is 0 Å². The Hall–Kier alpha value is -1.55. The number of carbonyl (C=O) groups is 1. The van der Waals surface area contributed by atoms with Gasteiger partial charge in [-0.25, -0.2) is 0 Å². The number of fused-ring (bicyclic) bond motifs is 1. The molecule has 1 amide bonds. The standard InChI is InChI=1S/C19H29N3O/c1-15(2)12-19(23)22-11-10-21(14-16-8-9-20(3)13-16)17-6-4-5-7-18(17)22/h4-7,15-16H,8-14H2,1-3H3/t16-/m1/s1. The number of carbonyl (C=O) groups excluding carboxylic acids is 1. The molecule has 0 radical (unpaired) electrons. The summed E-state index contributed by atoms with van der Waals surface area (Å²) in [7, 11) is 2.20. The molecule has 0 bridgehead atoms. The molecule has 4 nitrogen and oxygen atoms in total. The highest BCUT2D eigenvalue weighted by Gasteiger charge is 2.29. The molecule has 0 N–H and O–H groups in total. The number of hydrogen-bond donors (Lipinski definition) is 0. The minimum Gasteiger partial charge on any atom is -0.368 e. The zero-order chi connectivity index (χ0) is 16.4. The van der Waals surface area contributed by atoms with Crippen molar-refractivity contribution in [2.45, 2.75) is 26.7 Å². The smallest absolute Gasteiger partial charge is 0.227 e. The number of anilines is 2. The van der Waals surface area contributed by atoms with E-state index in [0.717, 1.165) is 31.2 Å². The Bertz CT molecular complexity index is 557. The third-order valence-corrected chi connectivity index (χ3v) is 4.96. The Labute approximate surface area is 140 Å². The second-order valence-corrected chi connectivity index (χ2v) is 7.50. The molecule has 0 unspecified atom stereocenters. The molecule has 2 aliphatic rings. The molecule has 0 spiro atoms. The van der Waals surface area contributed by atoms with E-state index in [-0.39, 0.29) is 5.91 Å². The first-order chi connectivity index (χ1) is 11.0. The Morgan fingerprint density at radius 1 is 1.17 bits per heavy atom. The molecule has 1 aromatic carbocycles. The molecule has 1 aromatic rings. The predicted molar refractivity (Wildman–Crippen MR) is 96.1 cm³/mol. The molecule has 3 rings (SSSR count). The van der Waals surface area contributed by atoms with Crippen molar-refractivity contribution >= 4 is 17.3 Å². The first-order valence-corrected chi connectivity index (χ1v) is 8.87. The van der Waals surface area contributed by atoms with E-state index in [1.807, 2.05) is 11.0 Å². The van der Waals surface area contributed by atoms with Crippen LogP contribution in [0.3, 0.4) is 0 Å². The first kappa shape index (κ1) is 16.3. The van der Waals surface area contributed by atoms with Crippen molar-refractivity contribution in [1.82, 2.24) is 4.90 Å². The quantitative estimate of drug-likeness (QED) is 0.855. The summed E-state index contributed by atoms with van der Waals surface area (Å²) < 4.78 is 0. The minimum absolute atomic E-state index is 0.257. The third-order valence-electron chi connectivity index (χ3n) is 4.96. The van der Waals surface area contributed by atoms with Gasteiger partial charge in [0, 0.05) is 32.6 Å². The van der Waals surface area contributed by atoms with Crippen molar-refractivity contribution in [3.8, 4) is 0 Å². The number of benzene rings is 1. The molecule has 1 fully saturated rings. The Morgan fingerprint density at radius 2 is 1.91 bits per heavy atom. The van der Waals surface area contributed by atoms with Crippen LogP contribution >= 0.6 is 0 Å². The average Bonchev–Trinajstić information content (AvgIpc) is 2.92. The maximum Gasteiger partial charge on any atom is 0.227 e. The van der Waals surface area contributed by atoms with Crippen molar-refractivity contribution in [2.75, 3.05) is 49.6 Å². The molecule has 1 atom stereocenters. The summed E-state index contributed by atoms with van der Waals surface area (Å²) in [4.78, 5) is 19.5. The van der Waals surface area contributed by atoms with Gasteiger partial charge in [0.15, 0.2) is 0 Å². The number of hydrogen-bond acceptors (Lipinski definition) is 3. The summed E-state index contributed by atoms with van der Waals surface area (Å²) in [6, 6.07) is 8.40. The molecule has 126 valence electrons. The van der Waals surface area contributed by atoms with Crippen LogP contribution in [0, 0.1) is 11.8 Å². The van der Waals surface area contributed by atoms with Gasteiger partial charge in [0.25, 0.3) is 0 Å². The van der Waals surface area contributed by atoms with Crippen LogP contribution in [0.4, 0.5) is 11.4 Å². The fourth-order valence-electron chi connectivity index (χ4n) is 3.82. The highest BCUT2D eigenvalue weighted by molar-refractivity contribution is 5.97. The predicted octanol–water partition coefficient (Wildman–Crippen LogP) is 2.84. The second kappa shape index (κ2) is 6.91. The van der Waals surface area contributed by atoms with Gasteiger partial charge < -0.3 is 14.7 Å². The molecule has 1 saturated heterocycles. The zero-order valence-corrected chi connectivity index (χ0v) is 14.7. The Morgan fingerprint density at radius 3 is 2.57 bits per heavy atom. The summed E-state index contributed by atoms with van der Waals surface area (Å²) in [5.74, 6) is 1.40. The van der Waals surface area contributed by atoms with E-state index in [1.165, 1.54) is 25.2 Å². The van der Waals surface area contributed by atoms with E-state index in [1.54, 1.807) is 0 Å². The van der Waals surface area contributed by atoms with E-state index >= 15 is 0 Å². The lowest BCUT2D eigenvalue weighted by Crippen LogP contribution is -2.46. The van der Waals surface area contributed by atoms with Crippen LogP contribution in [0.1, 0.15) is 26.7 Å². The van der Waals surface area contributed by atoms with Gasteiger partial charge in [0.05, 0.1) is 11.4 Å². The lowest BCUT2D eigenvalue weighted by molar-refractivity contribution is -0.119. The summed E-state index contributed by atoms with van der Waals surface area (Å²) in [6.07, 6.45) is 1.91. The van der Waals surface area contributed by atoms with Crippen molar-refractivity contribution in [1.29, 1.82) is 0 Å². The lowest BCUT2D eigenvalue weighted by atomic mass is 10.0. The molecule has 2 aliphatic heterocycles. The highest BCUT2D eigenvalue weighted by atomic mass is 16.2. The van der Waals surface area contributed by atoms with Crippen molar-refractivity contribution in [3.63, 3.8) is 0 Å². The zero-order valence-electron chi connectivity index (χ0n) is 14.7. The third kappa shape index (κ3) is 3.69. The summed E-state index contributed by atoms with van der Waals surface area (Å²) >= 11 is 0. The van der Waals surface area contributed by atoms with Gasteiger partial charge in [0.2, 0.25) is 5.91 Å². The van der Waals surface area contributed by atoms with Gasteiger partial charge in [-0.3, -0.25) is 4.79 Å². The maximum absolute atomic E-state index is 12.6. The summed E-state index contributed by atoms with van der Waals surface area (Å²) in [5.41, 5.74) is 2.32.